The number of aromatic nitrogens is 2. The second-order valence-electron chi connectivity index (χ2n) is 5.44. The molecular formula is C11H16F3N3. The minimum atomic E-state index is -4.20. The Bertz CT molecular complexity index is 391. The van der Waals surface area contributed by atoms with E-state index in [4.69, 9.17) is 0 Å². The first-order valence-electron chi connectivity index (χ1n) is 5.52. The van der Waals surface area contributed by atoms with Gasteiger partial charge < -0.3 is 0 Å². The normalized spacial score (nSPS) is 17.5. The second-order valence-corrected chi connectivity index (χ2v) is 5.44. The molecule has 2 rings (SSSR count). The average molecular weight is 247 g/mol. The molecular weight excluding hydrogens is 231 g/mol. The van der Waals surface area contributed by atoms with Crippen LogP contribution in [0, 0.1) is 0 Å². The van der Waals surface area contributed by atoms with Crippen LogP contribution in [0.1, 0.15) is 32.0 Å². The van der Waals surface area contributed by atoms with E-state index in [9.17, 15) is 13.2 Å². The van der Waals surface area contributed by atoms with E-state index in [0.717, 1.165) is 15.9 Å². The summed E-state index contributed by atoms with van der Waals surface area (Å²) in [4.78, 5) is 2.20. The van der Waals surface area contributed by atoms with Crippen LogP contribution < -0.4 is 0 Å². The molecule has 96 valence electrons. The first-order valence-corrected chi connectivity index (χ1v) is 5.52. The smallest absolute Gasteiger partial charge is 0.288 e. The summed E-state index contributed by atoms with van der Waals surface area (Å²) in [7, 11) is 0. The van der Waals surface area contributed by atoms with Crippen molar-refractivity contribution in [1.82, 2.24) is 14.7 Å². The zero-order valence-corrected chi connectivity index (χ0v) is 10.2. The van der Waals surface area contributed by atoms with E-state index in [1.54, 1.807) is 0 Å². The monoisotopic (exact) mass is 247 g/mol. The van der Waals surface area contributed by atoms with Gasteiger partial charge in [0.15, 0.2) is 0 Å². The van der Waals surface area contributed by atoms with E-state index in [-0.39, 0.29) is 5.54 Å². The molecule has 0 radical (unpaired) electrons. The highest BCUT2D eigenvalue weighted by molar-refractivity contribution is 5.22. The Hall–Kier alpha value is -1.04. The maximum atomic E-state index is 12.2. The topological polar surface area (TPSA) is 21.1 Å². The molecule has 0 atom stereocenters. The Morgan fingerprint density at radius 3 is 2.35 bits per heavy atom. The van der Waals surface area contributed by atoms with Crippen LogP contribution in [-0.2, 0) is 19.6 Å². The lowest BCUT2D eigenvalue weighted by atomic mass is 10.1. The maximum absolute atomic E-state index is 12.2. The lowest BCUT2D eigenvalue weighted by molar-refractivity contribution is -0.142. The van der Waals surface area contributed by atoms with Crippen LogP contribution in [-0.4, -0.2) is 26.4 Å². The van der Waals surface area contributed by atoms with Crippen molar-refractivity contribution in [2.45, 2.75) is 52.1 Å². The molecule has 3 nitrogen and oxygen atoms in total. The minimum absolute atomic E-state index is 0.0164. The molecule has 1 aliphatic rings. The summed E-state index contributed by atoms with van der Waals surface area (Å²) in [6.45, 7) is 6.56. The largest absolute Gasteiger partial charge is 0.408 e. The fourth-order valence-electron chi connectivity index (χ4n) is 1.95. The zero-order valence-electron chi connectivity index (χ0n) is 10.2. The first-order chi connectivity index (χ1) is 7.65. The van der Waals surface area contributed by atoms with Crippen LogP contribution in [0.4, 0.5) is 13.2 Å². The third kappa shape index (κ3) is 2.80. The van der Waals surface area contributed by atoms with Gasteiger partial charge in [0, 0.05) is 30.4 Å². The number of hydrogen-bond acceptors (Lipinski definition) is 2. The van der Waals surface area contributed by atoms with E-state index >= 15 is 0 Å². The molecule has 0 amide bonds. The van der Waals surface area contributed by atoms with Crippen molar-refractivity contribution in [1.29, 1.82) is 0 Å². The lowest BCUT2D eigenvalue weighted by Crippen LogP contribution is -2.37. The van der Waals surface area contributed by atoms with Crippen molar-refractivity contribution < 1.29 is 13.2 Å². The van der Waals surface area contributed by atoms with Crippen molar-refractivity contribution in [2.75, 3.05) is 0 Å². The van der Waals surface area contributed by atoms with Gasteiger partial charge in [-0.25, -0.2) is 0 Å². The number of halogens is 3. The fourth-order valence-corrected chi connectivity index (χ4v) is 1.95. The van der Waals surface area contributed by atoms with Crippen LogP contribution in [0.3, 0.4) is 0 Å². The van der Waals surface area contributed by atoms with E-state index in [1.165, 1.54) is 6.20 Å². The number of rotatable bonds is 1. The summed E-state index contributed by atoms with van der Waals surface area (Å²) < 4.78 is 37.6. The Labute approximate surface area is 98.2 Å². The van der Waals surface area contributed by atoms with Crippen molar-refractivity contribution >= 4 is 0 Å². The molecule has 0 aliphatic carbocycles. The van der Waals surface area contributed by atoms with Gasteiger partial charge in [-0.1, -0.05) is 0 Å². The van der Waals surface area contributed by atoms with E-state index in [1.807, 2.05) is 0 Å². The third-order valence-corrected chi connectivity index (χ3v) is 2.92. The molecule has 1 aliphatic heterocycles. The first kappa shape index (κ1) is 12.4. The molecule has 6 heteroatoms. The van der Waals surface area contributed by atoms with Crippen LogP contribution in [0.5, 0.6) is 0 Å². The molecule has 0 spiro atoms. The van der Waals surface area contributed by atoms with Gasteiger partial charge in [0.2, 0.25) is 0 Å². The average Bonchev–Trinajstić information content (AvgIpc) is 2.55. The molecule has 0 saturated carbocycles. The maximum Gasteiger partial charge on any atom is 0.408 e. The summed E-state index contributed by atoms with van der Waals surface area (Å²) >= 11 is 0. The highest BCUT2D eigenvalue weighted by Gasteiger charge is 2.33. The zero-order chi connectivity index (χ0) is 12.8. The summed E-state index contributed by atoms with van der Waals surface area (Å²) in [5.41, 5.74) is 1.69. The summed E-state index contributed by atoms with van der Waals surface area (Å²) in [5, 5.41) is 3.99. The molecule has 0 saturated heterocycles. The van der Waals surface area contributed by atoms with Gasteiger partial charge in [-0.15, -0.1) is 0 Å². The molecule has 0 N–H and O–H groups in total. The van der Waals surface area contributed by atoms with E-state index in [0.29, 0.717) is 13.1 Å². The lowest BCUT2D eigenvalue weighted by Gasteiger charge is -2.31. The van der Waals surface area contributed by atoms with Gasteiger partial charge in [-0.05, 0) is 20.8 Å². The van der Waals surface area contributed by atoms with Gasteiger partial charge in [0.1, 0.15) is 6.54 Å². The Kier molecular flexibility index (Phi) is 2.72. The van der Waals surface area contributed by atoms with Crippen molar-refractivity contribution in [2.24, 2.45) is 0 Å². The minimum Gasteiger partial charge on any atom is -0.288 e. The number of fused-ring (bicyclic) bond motifs is 1. The summed E-state index contributed by atoms with van der Waals surface area (Å²) in [5.74, 6) is 0. The summed E-state index contributed by atoms with van der Waals surface area (Å²) in [6.07, 6.45) is -2.70. The Morgan fingerprint density at radius 1 is 1.24 bits per heavy atom. The van der Waals surface area contributed by atoms with Gasteiger partial charge in [0.25, 0.3) is 0 Å². The number of hydrogen-bond donors (Lipinski definition) is 0. The summed E-state index contributed by atoms with van der Waals surface area (Å²) in [6, 6.07) is 0. The van der Waals surface area contributed by atoms with Crippen LogP contribution in [0.2, 0.25) is 0 Å². The molecule has 2 heterocycles. The van der Waals surface area contributed by atoms with E-state index < -0.39 is 12.7 Å². The third-order valence-electron chi connectivity index (χ3n) is 2.92. The molecule has 0 aromatic carbocycles. The Morgan fingerprint density at radius 2 is 1.88 bits per heavy atom. The van der Waals surface area contributed by atoms with Crippen molar-refractivity contribution in [3.8, 4) is 0 Å². The molecule has 0 bridgehead atoms. The van der Waals surface area contributed by atoms with Crippen molar-refractivity contribution in [3.05, 3.63) is 17.5 Å². The van der Waals surface area contributed by atoms with Gasteiger partial charge >= 0.3 is 6.18 Å². The second kappa shape index (κ2) is 3.73. The molecule has 1 aromatic heterocycles. The fraction of sp³-hybridized carbons (Fsp3) is 0.727. The predicted octanol–water partition coefficient (Wildman–Crippen LogP) is 2.56. The molecule has 1 aromatic rings. The van der Waals surface area contributed by atoms with Crippen LogP contribution in [0.15, 0.2) is 6.20 Å². The number of nitrogens with zero attached hydrogens (tertiary/aromatic N) is 3. The van der Waals surface area contributed by atoms with Gasteiger partial charge in [-0.2, -0.15) is 18.3 Å². The van der Waals surface area contributed by atoms with Gasteiger partial charge in [0.05, 0.1) is 5.69 Å². The molecule has 17 heavy (non-hydrogen) atoms. The van der Waals surface area contributed by atoms with Crippen molar-refractivity contribution in [3.63, 3.8) is 0 Å². The number of alkyl halides is 3. The van der Waals surface area contributed by atoms with Gasteiger partial charge in [-0.3, -0.25) is 9.58 Å². The van der Waals surface area contributed by atoms with Crippen LogP contribution >= 0.6 is 0 Å². The molecule has 0 fully saturated rings. The highest BCUT2D eigenvalue weighted by Crippen LogP contribution is 2.28. The highest BCUT2D eigenvalue weighted by atomic mass is 19.4. The van der Waals surface area contributed by atoms with E-state index in [2.05, 4.69) is 30.8 Å². The standard InChI is InChI=1S/C11H16F3N3/c1-10(2,3)16-4-8-5-17(7-11(12,13)14)15-9(8)6-16/h5H,4,6-7H2,1-3H3. The quantitative estimate of drug-likeness (QED) is 0.760. The Balaban J connectivity index is 2.09. The molecule has 0 unspecified atom stereocenters. The van der Waals surface area contributed by atoms with Crippen LogP contribution in [0.25, 0.3) is 0 Å². The predicted molar refractivity (Wildman–Crippen MR) is 57.3 cm³/mol. The SMILES string of the molecule is CC(C)(C)N1Cc2cn(CC(F)(F)F)nc2C1.